The summed E-state index contributed by atoms with van der Waals surface area (Å²) in [6.07, 6.45) is 10.5. The third-order valence-electron chi connectivity index (χ3n) is 5.01. The highest BCUT2D eigenvalue weighted by atomic mass is 32.2. The molecular weight excluding hydrogens is 274 g/mol. The molecule has 0 saturated heterocycles. The van der Waals surface area contributed by atoms with E-state index in [4.69, 9.17) is 10.9 Å². The molecule has 2 aliphatic carbocycles. The van der Waals surface area contributed by atoms with Gasteiger partial charge in [0.15, 0.2) is 5.84 Å². The topological polar surface area (TPSA) is 87.7 Å². The van der Waals surface area contributed by atoms with E-state index >= 15 is 0 Å². The number of amidine groups is 1. The van der Waals surface area contributed by atoms with Crippen LogP contribution in [0.15, 0.2) is 5.16 Å². The molecule has 20 heavy (non-hydrogen) atoms. The average Bonchev–Trinajstić information content (AvgIpc) is 2.44. The second kappa shape index (κ2) is 6.24. The first-order chi connectivity index (χ1) is 9.58. The predicted octanol–water partition coefficient (Wildman–Crippen LogP) is 2.09. The second-order valence-electron chi connectivity index (χ2n) is 6.05. The molecule has 0 radical (unpaired) electrons. The summed E-state index contributed by atoms with van der Waals surface area (Å²) in [6.45, 7) is 0.688. The zero-order chi connectivity index (χ0) is 14.6. The fourth-order valence-electron chi connectivity index (χ4n) is 3.29. The average molecular weight is 299 g/mol. The first-order valence-corrected chi connectivity index (χ1v) is 8.62. The van der Waals surface area contributed by atoms with E-state index in [1.54, 1.807) is 0 Å². The van der Waals surface area contributed by atoms with Crippen LogP contribution < -0.4 is 11.1 Å². The Labute approximate surface area is 124 Å². The molecule has 0 bridgehead atoms. The third kappa shape index (κ3) is 2.75. The van der Waals surface area contributed by atoms with Crippen LogP contribution in [0, 0.1) is 5.41 Å². The molecule has 2 aliphatic rings. The fraction of sp³-hybridized carbons (Fsp3) is 0.857. The van der Waals surface area contributed by atoms with Crippen molar-refractivity contribution in [2.75, 3.05) is 12.8 Å². The fourth-order valence-corrected chi connectivity index (χ4v) is 4.20. The van der Waals surface area contributed by atoms with Gasteiger partial charge in [0.2, 0.25) is 5.91 Å². The van der Waals surface area contributed by atoms with E-state index in [0.717, 1.165) is 19.3 Å². The van der Waals surface area contributed by atoms with Crippen molar-refractivity contribution in [3.63, 3.8) is 0 Å². The highest BCUT2D eigenvalue weighted by Gasteiger charge is 2.48. The van der Waals surface area contributed by atoms with Gasteiger partial charge in [-0.2, -0.15) is 11.8 Å². The van der Waals surface area contributed by atoms with Crippen LogP contribution in [0.4, 0.5) is 0 Å². The van der Waals surface area contributed by atoms with Gasteiger partial charge in [-0.15, -0.1) is 0 Å². The van der Waals surface area contributed by atoms with E-state index in [0.29, 0.717) is 19.4 Å². The Morgan fingerprint density at radius 2 is 1.90 bits per heavy atom. The molecule has 0 heterocycles. The lowest BCUT2D eigenvalue weighted by Gasteiger charge is -2.41. The van der Waals surface area contributed by atoms with Gasteiger partial charge in [-0.05, 0) is 31.9 Å². The van der Waals surface area contributed by atoms with Gasteiger partial charge in [0.25, 0.3) is 0 Å². The number of rotatable bonds is 5. The van der Waals surface area contributed by atoms with E-state index in [9.17, 15) is 4.79 Å². The molecule has 0 aromatic heterocycles. The molecule has 0 spiro atoms. The Hall–Kier alpha value is -0.910. The molecular formula is C14H25N3O2S. The number of nitrogens with one attached hydrogen (secondary N) is 1. The lowest BCUT2D eigenvalue weighted by atomic mass is 9.67. The SMILES string of the molecule is CSC1(CNC(=O)C2(C(N)=NO)CCC2)CCCCC1. The van der Waals surface area contributed by atoms with Crippen molar-refractivity contribution < 1.29 is 10.0 Å². The van der Waals surface area contributed by atoms with Crippen LogP contribution in [-0.2, 0) is 4.79 Å². The van der Waals surface area contributed by atoms with Gasteiger partial charge in [-0.25, -0.2) is 0 Å². The van der Waals surface area contributed by atoms with Crippen molar-refractivity contribution in [2.24, 2.45) is 16.3 Å². The number of thioether (sulfide) groups is 1. The van der Waals surface area contributed by atoms with Gasteiger partial charge >= 0.3 is 0 Å². The van der Waals surface area contributed by atoms with Crippen molar-refractivity contribution in [2.45, 2.75) is 56.1 Å². The van der Waals surface area contributed by atoms with Crippen LogP contribution in [0.25, 0.3) is 0 Å². The Morgan fingerprint density at radius 1 is 1.25 bits per heavy atom. The lowest BCUT2D eigenvalue weighted by Crippen LogP contribution is -2.56. The summed E-state index contributed by atoms with van der Waals surface area (Å²) in [4.78, 5) is 12.5. The molecule has 4 N–H and O–H groups in total. The Morgan fingerprint density at radius 3 is 2.35 bits per heavy atom. The number of nitrogens with zero attached hydrogens (tertiary/aromatic N) is 1. The van der Waals surface area contributed by atoms with Crippen molar-refractivity contribution >= 4 is 23.5 Å². The number of nitrogens with two attached hydrogens (primary N) is 1. The van der Waals surface area contributed by atoms with Crippen molar-refractivity contribution in [3.05, 3.63) is 0 Å². The van der Waals surface area contributed by atoms with E-state index in [1.807, 2.05) is 11.8 Å². The Kier molecular flexibility index (Phi) is 4.83. The highest BCUT2D eigenvalue weighted by Crippen LogP contribution is 2.42. The van der Waals surface area contributed by atoms with Crippen molar-refractivity contribution in [3.8, 4) is 0 Å². The van der Waals surface area contributed by atoms with Crippen LogP contribution >= 0.6 is 11.8 Å². The van der Waals surface area contributed by atoms with Gasteiger partial charge in [-0.1, -0.05) is 30.8 Å². The summed E-state index contributed by atoms with van der Waals surface area (Å²) >= 11 is 1.86. The summed E-state index contributed by atoms with van der Waals surface area (Å²) in [7, 11) is 0. The number of amides is 1. The van der Waals surface area contributed by atoms with Crippen LogP contribution in [0.1, 0.15) is 51.4 Å². The number of hydrogen-bond donors (Lipinski definition) is 3. The standard InChI is InChI=1S/C14H25N3O2S/c1-20-13(6-3-2-4-7-13)10-16-12(18)14(8-5-9-14)11(15)17-19/h19H,2-10H2,1H3,(H2,15,17)(H,16,18). The molecule has 0 aromatic carbocycles. The van der Waals surface area contributed by atoms with Crippen molar-refractivity contribution in [1.82, 2.24) is 5.32 Å². The second-order valence-corrected chi connectivity index (χ2v) is 7.33. The normalized spacial score (nSPS) is 24.8. The quantitative estimate of drug-likeness (QED) is 0.314. The minimum Gasteiger partial charge on any atom is -0.409 e. The van der Waals surface area contributed by atoms with Crippen LogP contribution in [0.2, 0.25) is 0 Å². The molecule has 2 saturated carbocycles. The summed E-state index contributed by atoms with van der Waals surface area (Å²) in [5.41, 5.74) is 4.96. The summed E-state index contributed by atoms with van der Waals surface area (Å²) in [5.74, 6) is -0.0128. The van der Waals surface area contributed by atoms with E-state index < -0.39 is 5.41 Å². The number of carbonyl (C=O) groups excluding carboxylic acids is 1. The van der Waals surface area contributed by atoms with Gasteiger partial charge in [0.05, 0.1) is 0 Å². The minimum atomic E-state index is -0.761. The Bertz CT molecular complexity index is 388. The number of carbonyl (C=O) groups is 1. The van der Waals surface area contributed by atoms with E-state index in [-0.39, 0.29) is 16.5 Å². The van der Waals surface area contributed by atoms with E-state index in [2.05, 4.69) is 16.7 Å². The third-order valence-corrected chi connectivity index (χ3v) is 6.43. The van der Waals surface area contributed by atoms with Crippen molar-refractivity contribution in [1.29, 1.82) is 0 Å². The molecule has 0 atom stereocenters. The first-order valence-electron chi connectivity index (χ1n) is 7.40. The monoisotopic (exact) mass is 299 g/mol. The number of oxime groups is 1. The number of hydrogen-bond acceptors (Lipinski definition) is 4. The first kappa shape index (κ1) is 15.5. The summed E-state index contributed by atoms with van der Waals surface area (Å²) < 4.78 is 0.171. The molecule has 2 fully saturated rings. The maximum absolute atomic E-state index is 12.5. The van der Waals surface area contributed by atoms with Gasteiger partial charge in [-0.3, -0.25) is 4.79 Å². The molecule has 6 heteroatoms. The molecule has 5 nitrogen and oxygen atoms in total. The van der Waals surface area contributed by atoms with Gasteiger partial charge in [0, 0.05) is 11.3 Å². The highest BCUT2D eigenvalue weighted by molar-refractivity contribution is 8.00. The summed E-state index contributed by atoms with van der Waals surface area (Å²) in [6, 6.07) is 0. The maximum Gasteiger partial charge on any atom is 0.234 e. The zero-order valence-electron chi connectivity index (χ0n) is 12.2. The minimum absolute atomic E-state index is 0.0584. The molecule has 114 valence electrons. The molecule has 2 rings (SSSR count). The van der Waals surface area contributed by atoms with Crippen LogP contribution in [0.5, 0.6) is 0 Å². The smallest absolute Gasteiger partial charge is 0.234 e. The molecule has 0 aromatic rings. The predicted molar refractivity (Wildman–Crippen MR) is 82.0 cm³/mol. The van der Waals surface area contributed by atoms with Gasteiger partial charge in [0.1, 0.15) is 5.41 Å². The van der Waals surface area contributed by atoms with Gasteiger partial charge < -0.3 is 16.3 Å². The summed E-state index contributed by atoms with van der Waals surface area (Å²) in [5, 5.41) is 15.0. The lowest BCUT2D eigenvalue weighted by molar-refractivity contribution is -0.131. The molecule has 0 unspecified atom stereocenters. The van der Waals surface area contributed by atoms with Crippen LogP contribution in [-0.4, -0.2) is 34.5 Å². The Balaban J connectivity index is 1.97. The molecule has 0 aliphatic heterocycles. The largest absolute Gasteiger partial charge is 0.409 e. The van der Waals surface area contributed by atoms with Crippen LogP contribution in [0.3, 0.4) is 0 Å². The zero-order valence-corrected chi connectivity index (χ0v) is 13.0. The van der Waals surface area contributed by atoms with E-state index in [1.165, 1.54) is 19.3 Å². The molecule has 1 amide bonds. The maximum atomic E-state index is 12.5.